The van der Waals surface area contributed by atoms with Gasteiger partial charge >= 0.3 is 7.60 Å². The zero-order valence-electron chi connectivity index (χ0n) is 26.0. The topological polar surface area (TPSA) is 179 Å². The molecule has 1 aliphatic heterocycles. The van der Waals surface area contributed by atoms with Crippen molar-refractivity contribution in [2.45, 2.75) is 63.1 Å². The Morgan fingerprint density at radius 2 is 1.60 bits per heavy atom. The highest BCUT2D eigenvalue weighted by Crippen LogP contribution is 2.39. The largest absolute Gasteiger partial charge is 0.368 e. The molecule has 0 bridgehead atoms. The molecule has 5 rings (SSSR count). The number of thioether (sulfide) groups is 1. The van der Waals surface area contributed by atoms with Crippen LogP contribution in [0.2, 0.25) is 0 Å². The lowest BCUT2D eigenvalue weighted by molar-refractivity contribution is -0.145. The van der Waals surface area contributed by atoms with Crippen molar-refractivity contribution >= 4 is 53.8 Å². The smallest absolute Gasteiger partial charge is 0.335 e. The Hall–Kier alpha value is -3.70. The molecule has 1 saturated heterocycles. The average Bonchev–Trinajstić information content (AvgIpc) is 3.06. The molecule has 4 atom stereocenters. The molecule has 3 aromatic rings. The predicted octanol–water partition coefficient (Wildman–Crippen LogP) is 2.89. The molecular formula is C34H41N4O7PS. The molecule has 13 heteroatoms. The Labute approximate surface area is 278 Å². The number of hydrogen-bond donors (Lipinski definition) is 5. The maximum atomic E-state index is 14.1. The van der Waals surface area contributed by atoms with E-state index < -0.39 is 48.9 Å². The highest BCUT2D eigenvalue weighted by molar-refractivity contribution is 8.04. The van der Waals surface area contributed by atoms with E-state index in [0.717, 1.165) is 40.1 Å². The standard InChI is InChI=1S/C34H41N4O7PS/c35-31(39)28(18-22-12-13-23-7-1-3-9-25(23)17-22)36-33(41)30-11-5-6-16-38(30)34(42)29(20-47-21-46(43,44)45)37-32(40)27-15-14-24-8-2-4-10-26(24)19-27/h1-4,7-10,12-13,17,27-30H,5-6,11,14-16,18-21H2,(H2,35,39)(H,36,41)(H,37,40)(H2,43,44,45)/t27?,28-,29-,30-/m0/s1. The summed E-state index contributed by atoms with van der Waals surface area (Å²) in [6, 6.07) is 18.5. The van der Waals surface area contributed by atoms with Gasteiger partial charge in [0.2, 0.25) is 23.6 Å². The van der Waals surface area contributed by atoms with Crippen LogP contribution in [0.3, 0.4) is 0 Å². The summed E-state index contributed by atoms with van der Waals surface area (Å²) in [7, 11) is -4.36. The van der Waals surface area contributed by atoms with Crippen LogP contribution in [0.25, 0.3) is 10.8 Å². The molecule has 1 heterocycles. The number of rotatable bonds is 12. The number of fused-ring (bicyclic) bond motifs is 2. The molecule has 250 valence electrons. The number of hydrogen-bond acceptors (Lipinski definition) is 6. The van der Waals surface area contributed by atoms with E-state index in [-0.39, 0.29) is 30.5 Å². The van der Waals surface area contributed by atoms with E-state index >= 15 is 0 Å². The van der Waals surface area contributed by atoms with Crippen molar-refractivity contribution in [3.63, 3.8) is 0 Å². The van der Waals surface area contributed by atoms with Gasteiger partial charge in [-0.25, -0.2) is 0 Å². The molecule has 47 heavy (non-hydrogen) atoms. The molecule has 11 nitrogen and oxygen atoms in total. The molecule has 3 aromatic carbocycles. The number of carbonyl (C=O) groups excluding carboxylic acids is 4. The summed E-state index contributed by atoms with van der Waals surface area (Å²) in [6.07, 6.45) is 3.72. The first-order valence-corrected chi connectivity index (χ1v) is 18.8. The van der Waals surface area contributed by atoms with Crippen molar-refractivity contribution in [2.24, 2.45) is 11.7 Å². The third-order valence-corrected chi connectivity index (χ3v) is 11.5. The van der Waals surface area contributed by atoms with Gasteiger partial charge in [0.1, 0.15) is 18.1 Å². The van der Waals surface area contributed by atoms with Crippen molar-refractivity contribution in [2.75, 3.05) is 17.8 Å². The fourth-order valence-corrected chi connectivity index (χ4v) is 8.27. The summed E-state index contributed by atoms with van der Waals surface area (Å²) in [4.78, 5) is 73.9. The van der Waals surface area contributed by atoms with Gasteiger partial charge in [0.05, 0.1) is 5.49 Å². The highest BCUT2D eigenvalue weighted by Gasteiger charge is 2.38. The van der Waals surface area contributed by atoms with E-state index in [9.17, 15) is 33.5 Å². The maximum Gasteiger partial charge on any atom is 0.335 e. The van der Waals surface area contributed by atoms with Crippen LogP contribution in [-0.4, -0.2) is 74.2 Å². The van der Waals surface area contributed by atoms with Crippen LogP contribution in [0.15, 0.2) is 66.7 Å². The molecule has 4 amide bonds. The molecule has 0 aromatic heterocycles. The number of likely N-dealkylation sites (tertiary alicyclic amines) is 1. The lowest BCUT2D eigenvalue weighted by Crippen LogP contribution is -2.60. The number of primary amides is 1. The summed E-state index contributed by atoms with van der Waals surface area (Å²) >= 11 is 0.877. The van der Waals surface area contributed by atoms with Crippen LogP contribution < -0.4 is 16.4 Å². The lowest BCUT2D eigenvalue weighted by atomic mass is 9.83. The van der Waals surface area contributed by atoms with Gasteiger partial charge in [0, 0.05) is 24.6 Å². The van der Waals surface area contributed by atoms with E-state index in [4.69, 9.17) is 5.73 Å². The number of nitrogens with zero attached hydrogens (tertiary/aromatic N) is 1. The predicted molar refractivity (Wildman–Crippen MR) is 181 cm³/mol. The number of nitrogens with two attached hydrogens (primary N) is 1. The summed E-state index contributed by atoms with van der Waals surface area (Å²) < 4.78 is 11.6. The summed E-state index contributed by atoms with van der Waals surface area (Å²) in [5, 5.41) is 7.66. The summed E-state index contributed by atoms with van der Waals surface area (Å²) in [6.45, 7) is 0.259. The number of benzene rings is 3. The molecule has 0 spiro atoms. The zero-order valence-corrected chi connectivity index (χ0v) is 27.8. The Balaban J connectivity index is 1.29. The van der Waals surface area contributed by atoms with Crippen molar-refractivity contribution in [3.8, 4) is 0 Å². The minimum Gasteiger partial charge on any atom is -0.368 e. The van der Waals surface area contributed by atoms with Gasteiger partial charge in [0.15, 0.2) is 0 Å². The van der Waals surface area contributed by atoms with Crippen molar-refractivity contribution in [1.82, 2.24) is 15.5 Å². The van der Waals surface area contributed by atoms with Crippen LogP contribution in [0.5, 0.6) is 0 Å². The van der Waals surface area contributed by atoms with Crippen LogP contribution >= 0.6 is 19.4 Å². The van der Waals surface area contributed by atoms with E-state index in [1.807, 2.05) is 66.7 Å². The number of aryl methyl sites for hydroxylation is 1. The van der Waals surface area contributed by atoms with E-state index in [0.29, 0.717) is 32.1 Å². The molecule has 1 fully saturated rings. The van der Waals surface area contributed by atoms with Gasteiger partial charge < -0.3 is 31.1 Å². The van der Waals surface area contributed by atoms with Crippen molar-refractivity contribution < 1.29 is 33.5 Å². The Bertz CT molecular complexity index is 1680. The number of carbonyl (C=O) groups is 4. The minimum atomic E-state index is -4.36. The second kappa shape index (κ2) is 15.5. The van der Waals surface area contributed by atoms with Crippen molar-refractivity contribution in [3.05, 3.63) is 83.4 Å². The average molecular weight is 681 g/mol. The SMILES string of the molecule is NC(=O)[C@H](Cc1ccc2ccccc2c1)NC(=O)[C@@H]1CCCCN1C(=O)[C@H](CSCP(=O)(O)O)NC(=O)C1CCc2ccccc2C1. The second-order valence-electron chi connectivity index (χ2n) is 12.3. The van der Waals surface area contributed by atoms with Crippen LogP contribution in [0, 0.1) is 5.92 Å². The Kier molecular flexibility index (Phi) is 11.4. The van der Waals surface area contributed by atoms with Crippen molar-refractivity contribution in [1.29, 1.82) is 0 Å². The third-order valence-electron chi connectivity index (χ3n) is 8.88. The lowest BCUT2D eigenvalue weighted by Gasteiger charge is -2.38. The third kappa shape index (κ3) is 9.22. The molecular weight excluding hydrogens is 639 g/mol. The quantitative estimate of drug-likeness (QED) is 0.181. The van der Waals surface area contributed by atoms with Gasteiger partial charge in [0.25, 0.3) is 0 Å². The monoisotopic (exact) mass is 680 g/mol. The zero-order chi connectivity index (χ0) is 33.6. The number of nitrogens with one attached hydrogen (secondary N) is 2. The molecule has 0 saturated carbocycles. The number of amides is 4. The van der Waals surface area contributed by atoms with Crippen LogP contribution in [0.4, 0.5) is 0 Å². The fourth-order valence-electron chi connectivity index (χ4n) is 6.44. The summed E-state index contributed by atoms with van der Waals surface area (Å²) in [5.41, 5.74) is 8.30. The van der Waals surface area contributed by atoms with Crippen LogP contribution in [0.1, 0.15) is 42.4 Å². The normalized spacial score (nSPS) is 19.3. The fraction of sp³-hybridized carbons (Fsp3) is 0.412. The summed E-state index contributed by atoms with van der Waals surface area (Å²) in [5.74, 6) is -2.46. The van der Waals surface area contributed by atoms with Crippen LogP contribution in [-0.2, 0) is 43.0 Å². The minimum absolute atomic E-state index is 0.0737. The van der Waals surface area contributed by atoms with Gasteiger partial charge in [-0.05, 0) is 66.0 Å². The first-order valence-electron chi connectivity index (χ1n) is 15.9. The maximum absolute atomic E-state index is 14.1. The Morgan fingerprint density at radius 3 is 2.34 bits per heavy atom. The van der Waals surface area contributed by atoms with Gasteiger partial charge in [-0.3, -0.25) is 23.7 Å². The van der Waals surface area contributed by atoms with E-state index in [2.05, 4.69) is 10.6 Å². The van der Waals surface area contributed by atoms with Gasteiger partial charge in [-0.1, -0.05) is 66.7 Å². The molecule has 1 aliphatic carbocycles. The molecule has 2 aliphatic rings. The highest BCUT2D eigenvalue weighted by atomic mass is 32.2. The van der Waals surface area contributed by atoms with Gasteiger partial charge in [-0.2, -0.15) is 0 Å². The first kappa shape index (κ1) is 34.6. The van der Waals surface area contributed by atoms with E-state index in [1.165, 1.54) is 10.5 Å². The van der Waals surface area contributed by atoms with E-state index in [1.54, 1.807) is 0 Å². The first-order chi connectivity index (χ1) is 22.5. The Morgan fingerprint density at radius 1 is 0.894 bits per heavy atom. The second-order valence-corrected chi connectivity index (χ2v) is 15.4. The van der Waals surface area contributed by atoms with Gasteiger partial charge in [-0.15, -0.1) is 11.8 Å². The molecule has 6 N–H and O–H groups in total. The molecule has 0 radical (unpaired) electrons. The molecule has 1 unspecified atom stereocenters. The number of piperidine rings is 1.